The summed E-state index contributed by atoms with van der Waals surface area (Å²) >= 11 is 0. The van der Waals surface area contributed by atoms with E-state index in [0.717, 1.165) is 0 Å². The molecule has 78 valence electrons. The molecule has 1 aliphatic heterocycles. The first-order valence-electron chi connectivity index (χ1n) is 5.05. The number of hydrogen-bond acceptors (Lipinski definition) is 2. The molecule has 0 N–H and O–H groups in total. The zero-order valence-electron chi connectivity index (χ0n) is 9.37. The highest BCUT2D eigenvalue weighted by atomic mass is 16.2. The molecule has 2 atom stereocenters. The fraction of sp³-hybridized carbons (Fsp3) is 0.818. The molecule has 2 unspecified atom stereocenters. The number of amides is 1. The first kappa shape index (κ1) is 11.0. The van der Waals surface area contributed by atoms with E-state index in [1.165, 1.54) is 0 Å². The van der Waals surface area contributed by atoms with Crippen molar-refractivity contribution in [3.05, 3.63) is 0 Å². The van der Waals surface area contributed by atoms with Crippen molar-refractivity contribution >= 4 is 5.91 Å². The van der Waals surface area contributed by atoms with Crippen molar-refractivity contribution in [2.45, 2.75) is 40.2 Å². The quantitative estimate of drug-likeness (QED) is 0.638. The van der Waals surface area contributed by atoms with E-state index < -0.39 is 0 Å². The van der Waals surface area contributed by atoms with E-state index in [1.54, 1.807) is 0 Å². The summed E-state index contributed by atoms with van der Waals surface area (Å²) in [4.78, 5) is 13.4. The van der Waals surface area contributed by atoms with Crippen LogP contribution in [0.3, 0.4) is 0 Å². The minimum Gasteiger partial charge on any atom is -0.338 e. The largest absolute Gasteiger partial charge is 0.338 e. The predicted octanol–water partition coefficient (Wildman–Crippen LogP) is 1.79. The SMILES string of the molecule is CC(N1CC(C#N)CC1=O)C(C)(C)C. The lowest BCUT2D eigenvalue weighted by atomic mass is 9.87. The molecule has 1 saturated heterocycles. The molecule has 14 heavy (non-hydrogen) atoms. The predicted molar refractivity (Wildman–Crippen MR) is 54.4 cm³/mol. The van der Waals surface area contributed by atoms with E-state index in [-0.39, 0.29) is 23.3 Å². The molecule has 1 heterocycles. The molecule has 1 fully saturated rings. The van der Waals surface area contributed by atoms with Crippen LogP contribution in [0.5, 0.6) is 0 Å². The second kappa shape index (κ2) is 3.61. The molecule has 0 radical (unpaired) electrons. The lowest BCUT2D eigenvalue weighted by Gasteiger charge is -2.35. The van der Waals surface area contributed by atoms with Crippen molar-refractivity contribution in [3.63, 3.8) is 0 Å². The lowest BCUT2D eigenvalue weighted by Crippen LogP contribution is -2.42. The zero-order chi connectivity index (χ0) is 10.9. The first-order chi connectivity index (χ1) is 6.36. The van der Waals surface area contributed by atoms with Crippen molar-refractivity contribution in [2.24, 2.45) is 11.3 Å². The Bertz CT molecular complexity index is 272. The second-order valence-corrected chi connectivity index (χ2v) is 5.12. The molecule has 0 aromatic heterocycles. The lowest BCUT2D eigenvalue weighted by molar-refractivity contribution is -0.131. The summed E-state index contributed by atoms with van der Waals surface area (Å²) in [5.41, 5.74) is 0.0833. The van der Waals surface area contributed by atoms with Crippen molar-refractivity contribution in [2.75, 3.05) is 6.54 Å². The molecule has 0 spiro atoms. The van der Waals surface area contributed by atoms with Gasteiger partial charge in [-0.3, -0.25) is 4.79 Å². The van der Waals surface area contributed by atoms with Gasteiger partial charge in [0.25, 0.3) is 0 Å². The van der Waals surface area contributed by atoms with E-state index in [0.29, 0.717) is 13.0 Å². The minimum atomic E-state index is -0.104. The standard InChI is InChI=1S/C11H18N2O/c1-8(11(2,3)4)13-7-9(6-12)5-10(13)14/h8-9H,5,7H2,1-4H3. The fourth-order valence-corrected chi connectivity index (χ4v) is 1.66. The maximum atomic E-state index is 11.6. The van der Waals surface area contributed by atoms with E-state index >= 15 is 0 Å². The number of nitrogens with zero attached hydrogens (tertiary/aromatic N) is 2. The van der Waals surface area contributed by atoms with Crippen LogP contribution in [-0.4, -0.2) is 23.4 Å². The van der Waals surface area contributed by atoms with Crippen LogP contribution in [0.2, 0.25) is 0 Å². The van der Waals surface area contributed by atoms with Gasteiger partial charge in [0, 0.05) is 19.0 Å². The number of carbonyl (C=O) groups excluding carboxylic acids is 1. The van der Waals surface area contributed by atoms with Crippen molar-refractivity contribution in [3.8, 4) is 6.07 Å². The second-order valence-electron chi connectivity index (χ2n) is 5.12. The summed E-state index contributed by atoms with van der Waals surface area (Å²) in [6, 6.07) is 2.37. The minimum absolute atomic E-state index is 0.0833. The Morgan fingerprint density at radius 3 is 2.50 bits per heavy atom. The van der Waals surface area contributed by atoms with Gasteiger partial charge >= 0.3 is 0 Å². The van der Waals surface area contributed by atoms with Crippen LogP contribution in [-0.2, 0) is 4.79 Å². The van der Waals surface area contributed by atoms with Crippen LogP contribution in [0.15, 0.2) is 0 Å². The number of hydrogen-bond donors (Lipinski definition) is 0. The van der Waals surface area contributed by atoms with Gasteiger partial charge in [-0.2, -0.15) is 5.26 Å². The van der Waals surface area contributed by atoms with Gasteiger partial charge in [-0.15, -0.1) is 0 Å². The molecule has 0 aromatic carbocycles. The number of nitriles is 1. The first-order valence-corrected chi connectivity index (χ1v) is 5.05. The van der Waals surface area contributed by atoms with Gasteiger partial charge in [-0.1, -0.05) is 20.8 Å². The summed E-state index contributed by atoms with van der Waals surface area (Å²) < 4.78 is 0. The molecule has 1 amide bonds. The highest BCUT2D eigenvalue weighted by Crippen LogP contribution is 2.29. The monoisotopic (exact) mass is 194 g/mol. The van der Waals surface area contributed by atoms with Gasteiger partial charge in [0.05, 0.1) is 12.0 Å². The Hall–Kier alpha value is -1.04. The molecule has 3 heteroatoms. The average Bonchev–Trinajstić information content (AvgIpc) is 2.43. The Morgan fingerprint density at radius 1 is 1.57 bits per heavy atom. The van der Waals surface area contributed by atoms with E-state index in [4.69, 9.17) is 5.26 Å². The number of likely N-dealkylation sites (tertiary alicyclic amines) is 1. The molecule has 0 aliphatic carbocycles. The van der Waals surface area contributed by atoms with Crippen molar-refractivity contribution in [1.82, 2.24) is 4.90 Å². The van der Waals surface area contributed by atoms with E-state index in [9.17, 15) is 4.79 Å². The summed E-state index contributed by atoms with van der Waals surface area (Å²) in [5.74, 6) is 0.0197. The molecular formula is C11H18N2O. The van der Waals surface area contributed by atoms with Crippen molar-refractivity contribution < 1.29 is 4.79 Å². The molecular weight excluding hydrogens is 176 g/mol. The Labute approximate surface area is 85.7 Å². The van der Waals surface area contributed by atoms with Gasteiger partial charge in [0.2, 0.25) is 5.91 Å². The van der Waals surface area contributed by atoms with Crippen LogP contribution < -0.4 is 0 Å². The third-order valence-corrected chi connectivity index (χ3v) is 3.06. The average molecular weight is 194 g/mol. The van der Waals surface area contributed by atoms with Gasteiger partial charge in [-0.25, -0.2) is 0 Å². The smallest absolute Gasteiger partial charge is 0.224 e. The normalized spacial score (nSPS) is 24.9. The maximum absolute atomic E-state index is 11.6. The third kappa shape index (κ3) is 2.06. The fourth-order valence-electron chi connectivity index (χ4n) is 1.66. The van der Waals surface area contributed by atoms with Crippen LogP contribution >= 0.6 is 0 Å². The summed E-state index contributed by atoms with van der Waals surface area (Å²) in [7, 11) is 0. The van der Waals surface area contributed by atoms with Crippen LogP contribution in [0.25, 0.3) is 0 Å². The Morgan fingerprint density at radius 2 is 2.14 bits per heavy atom. The van der Waals surface area contributed by atoms with Gasteiger partial charge in [-0.05, 0) is 12.3 Å². The molecule has 1 aliphatic rings. The number of rotatable bonds is 1. The Kier molecular flexibility index (Phi) is 2.84. The molecule has 0 bridgehead atoms. The summed E-state index contributed by atoms with van der Waals surface area (Å²) in [5, 5.41) is 8.76. The zero-order valence-corrected chi connectivity index (χ0v) is 9.37. The maximum Gasteiger partial charge on any atom is 0.224 e. The van der Waals surface area contributed by atoms with E-state index in [1.807, 2.05) is 4.90 Å². The van der Waals surface area contributed by atoms with Gasteiger partial charge in [0.15, 0.2) is 0 Å². The van der Waals surface area contributed by atoms with Crippen LogP contribution in [0, 0.1) is 22.7 Å². The van der Waals surface area contributed by atoms with Gasteiger partial charge < -0.3 is 4.90 Å². The number of carbonyl (C=O) groups is 1. The van der Waals surface area contributed by atoms with Crippen LogP contribution in [0.1, 0.15) is 34.1 Å². The third-order valence-electron chi connectivity index (χ3n) is 3.06. The molecule has 1 rings (SSSR count). The van der Waals surface area contributed by atoms with E-state index in [2.05, 4.69) is 33.8 Å². The topological polar surface area (TPSA) is 44.1 Å². The molecule has 0 saturated carbocycles. The highest BCUT2D eigenvalue weighted by molar-refractivity contribution is 5.79. The molecule has 0 aromatic rings. The summed E-state index contributed by atoms with van der Waals surface area (Å²) in [6.45, 7) is 9.01. The van der Waals surface area contributed by atoms with Crippen LogP contribution in [0.4, 0.5) is 0 Å². The Balaban J connectivity index is 2.72. The van der Waals surface area contributed by atoms with Crippen molar-refractivity contribution in [1.29, 1.82) is 5.26 Å². The van der Waals surface area contributed by atoms with Gasteiger partial charge in [0.1, 0.15) is 0 Å². The highest BCUT2D eigenvalue weighted by Gasteiger charge is 2.36. The molecule has 3 nitrogen and oxygen atoms in total. The summed E-state index contributed by atoms with van der Waals surface area (Å²) in [6.07, 6.45) is 0.400.